The summed E-state index contributed by atoms with van der Waals surface area (Å²) < 4.78 is 5.12. The van der Waals surface area contributed by atoms with Crippen LogP contribution >= 0.6 is 0 Å². The molecule has 0 aliphatic heterocycles. The van der Waals surface area contributed by atoms with Crippen LogP contribution in [0.2, 0.25) is 0 Å². The van der Waals surface area contributed by atoms with Crippen LogP contribution in [0.25, 0.3) is 0 Å². The molecule has 0 saturated carbocycles. The molecule has 6 heteroatoms. The highest BCUT2D eigenvalue weighted by Gasteiger charge is 2.21. The van der Waals surface area contributed by atoms with Crippen molar-refractivity contribution in [2.45, 2.75) is 18.9 Å². The molecule has 0 heterocycles. The maximum Gasteiger partial charge on any atom is 0.319 e. The van der Waals surface area contributed by atoms with Crippen LogP contribution < -0.4 is 20.7 Å². The van der Waals surface area contributed by atoms with Crippen LogP contribution in [-0.2, 0) is 17.6 Å². The van der Waals surface area contributed by atoms with Gasteiger partial charge in [-0.15, -0.1) is 0 Å². The number of methoxy groups -OCH3 is 1. The van der Waals surface area contributed by atoms with E-state index in [2.05, 4.69) is 16.0 Å². The standard InChI is InChI=1S/C25H27N3O3/c1-31-22-14-12-21(13-15-22)27-25(30)28-23(18-20-10-6-3-7-11-20)24(29)26-17-16-19-8-4-2-5-9-19/h2-15,23H,16-18H2,1H3,(H,26,29)(H2,27,28,30). The Labute approximate surface area is 182 Å². The van der Waals surface area contributed by atoms with Crippen LogP contribution in [0.3, 0.4) is 0 Å². The summed E-state index contributed by atoms with van der Waals surface area (Å²) in [7, 11) is 1.58. The van der Waals surface area contributed by atoms with Crippen LogP contribution in [0.4, 0.5) is 10.5 Å². The van der Waals surface area contributed by atoms with Gasteiger partial charge in [-0.2, -0.15) is 0 Å². The van der Waals surface area contributed by atoms with Gasteiger partial charge in [-0.25, -0.2) is 4.79 Å². The molecule has 0 spiro atoms. The molecule has 160 valence electrons. The predicted molar refractivity (Wildman–Crippen MR) is 122 cm³/mol. The molecule has 0 saturated heterocycles. The summed E-state index contributed by atoms with van der Waals surface area (Å²) in [6.07, 6.45) is 1.12. The zero-order chi connectivity index (χ0) is 21.9. The Hall–Kier alpha value is -3.80. The third-order valence-electron chi connectivity index (χ3n) is 4.81. The van der Waals surface area contributed by atoms with Gasteiger partial charge in [0.25, 0.3) is 0 Å². The third kappa shape index (κ3) is 7.19. The molecule has 3 aromatic rings. The number of nitrogens with one attached hydrogen (secondary N) is 3. The van der Waals surface area contributed by atoms with E-state index >= 15 is 0 Å². The number of anilines is 1. The van der Waals surface area contributed by atoms with E-state index in [1.165, 1.54) is 0 Å². The molecule has 0 aliphatic carbocycles. The lowest BCUT2D eigenvalue weighted by atomic mass is 10.1. The molecule has 0 bridgehead atoms. The van der Waals surface area contributed by atoms with Crippen molar-refractivity contribution in [3.05, 3.63) is 96.1 Å². The van der Waals surface area contributed by atoms with Crippen molar-refractivity contribution in [2.24, 2.45) is 0 Å². The van der Waals surface area contributed by atoms with Crippen molar-refractivity contribution in [1.29, 1.82) is 0 Å². The molecule has 6 nitrogen and oxygen atoms in total. The summed E-state index contributed by atoms with van der Waals surface area (Å²) in [6, 6.07) is 25.4. The smallest absolute Gasteiger partial charge is 0.319 e. The quantitative estimate of drug-likeness (QED) is 0.496. The fraction of sp³-hybridized carbons (Fsp3) is 0.200. The van der Waals surface area contributed by atoms with Crippen molar-refractivity contribution < 1.29 is 14.3 Å². The van der Waals surface area contributed by atoms with E-state index in [4.69, 9.17) is 4.74 Å². The number of hydrogen-bond acceptors (Lipinski definition) is 3. The van der Waals surface area contributed by atoms with Gasteiger partial charge in [-0.3, -0.25) is 4.79 Å². The number of carbonyl (C=O) groups excluding carboxylic acids is 2. The lowest BCUT2D eigenvalue weighted by Crippen LogP contribution is -2.49. The summed E-state index contributed by atoms with van der Waals surface area (Å²) in [6.45, 7) is 0.496. The summed E-state index contributed by atoms with van der Waals surface area (Å²) in [4.78, 5) is 25.4. The van der Waals surface area contributed by atoms with Gasteiger partial charge < -0.3 is 20.7 Å². The van der Waals surface area contributed by atoms with Crippen molar-refractivity contribution in [1.82, 2.24) is 10.6 Å². The average molecular weight is 418 g/mol. The van der Waals surface area contributed by atoms with E-state index in [0.29, 0.717) is 24.4 Å². The highest BCUT2D eigenvalue weighted by Crippen LogP contribution is 2.15. The van der Waals surface area contributed by atoms with E-state index < -0.39 is 12.1 Å². The van der Waals surface area contributed by atoms with E-state index in [9.17, 15) is 9.59 Å². The van der Waals surface area contributed by atoms with Gasteiger partial charge in [0, 0.05) is 18.7 Å². The Morgan fingerprint density at radius 2 is 1.45 bits per heavy atom. The minimum atomic E-state index is -0.698. The molecule has 3 amide bonds. The molecule has 0 radical (unpaired) electrons. The topological polar surface area (TPSA) is 79.5 Å². The van der Waals surface area contributed by atoms with Gasteiger partial charge in [0.05, 0.1) is 7.11 Å². The lowest BCUT2D eigenvalue weighted by Gasteiger charge is -2.19. The van der Waals surface area contributed by atoms with Gasteiger partial charge in [0.1, 0.15) is 11.8 Å². The first-order chi connectivity index (χ1) is 15.1. The number of ether oxygens (including phenoxy) is 1. The van der Waals surface area contributed by atoms with Crippen molar-refractivity contribution in [3.63, 3.8) is 0 Å². The van der Waals surface area contributed by atoms with Crippen LogP contribution in [0.1, 0.15) is 11.1 Å². The van der Waals surface area contributed by atoms with Crippen molar-refractivity contribution in [3.8, 4) is 5.75 Å². The number of urea groups is 1. The largest absolute Gasteiger partial charge is 0.497 e. The molecule has 1 unspecified atom stereocenters. The zero-order valence-electron chi connectivity index (χ0n) is 17.5. The molecule has 0 fully saturated rings. The molecule has 3 aromatic carbocycles. The summed E-state index contributed by atoms with van der Waals surface area (Å²) >= 11 is 0. The van der Waals surface area contributed by atoms with Crippen molar-refractivity contribution in [2.75, 3.05) is 19.0 Å². The number of carbonyl (C=O) groups is 2. The second kappa shape index (κ2) is 11.4. The molecule has 31 heavy (non-hydrogen) atoms. The van der Waals surface area contributed by atoms with Gasteiger partial charge in [0.15, 0.2) is 0 Å². The number of amides is 3. The normalized spacial score (nSPS) is 11.3. The van der Waals surface area contributed by atoms with E-state index in [0.717, 1.165) is 17.5 Å². The van der Waals surface area contributed by atoms with Crippen LogP contribution in [0.5, 0.6) is 5.75 Å². The molecular weight excluding hydrogens is 390 g/mol. The van der Waals surface area contributed by atoms with Crippen LogP contribution in [0, 0.1) is 0 Å². The molecule has 0 aromatic heterocycles. The fourth-order valence-electron chi connectivity index (χ4n) is 3.16. The van der Waals surface area contributed by atoms with Crippen LogP contribution in [0.15, 0.2) is 84.9 Å². The molecule has 0 aliphatic rings. The monoisotopic (exact) mass is 417 g/mol. The average Bonchev–Trinajstić information content (AvgIpc) is 2.80. The Bertz CT molecular complexity index is 960. The highest BCUT2D eigenvalue weighted by atomic mass is 16.5. The number of benzene rings is 3. The van der Waals surface area contributed by atoms with E-state index in [-0.39, 0.29) is 5.91 Å². The first-order valence-electron chi connectivity index (χ1n) is 10.2. The lowest BCUT2D eigenvalue weighted by molar-refractivity contribution is -0.122. The second-order valence-corrected chi connectivity index (χ2v) is 7.10. The van der Waals surface area contributed by atoms with Gasteiger partial charge >= 0.3 is 6.03 Å². The Balaban J connectivity index is 1.60. The third-order valence-corrected chi connectivity index (χ3v) is 4.81. The minimum Gasteiger partial charge on any atom is -0.497 e. The number of hydrogen-bond donors (Lipinski definition) is 3. The fourth-order valence-corrected chi connectivity index (χ4v) is 3.16. The molecular formula is C25H27N3O3. The second-order valence-electron chi connectivity index (χ2n) is 7.10. The van der Waals surface area contributed by atoms with E-state index in [1.807, 2.05) is 60.7 Å². The Morgan fingerprint density at radius 1 is 0.839 bits per heavy atom. The maximum atomic E-state index is 12.8. The molecule has 3 rings (SSSR count). The van der Waals surface area contributed by atoms with Crippen molar-refractivity contribution >= 4 is 17.6 Å². The first-order valence-corrected chi connectivity index (χ1v) is 10.2. The maximum absolute atomic E-state index is 12.8. The Kier molecular flexibility index (Phi) is 8.05. The first kappa shape index (κ1) is 21.9. The SMILES string of the molecule is COc1ccc(NC(=O)NC(Cc2ccccc2)C(=O)NCCc2ccccc2)cc1. The summed E-state index contributed by atoms with van der Waals surface area (Å²) in [5.41, 5.74) is 2.73. The summed E-state index contributed by atoms with van der Waals surface area (Å²) in [5, 5.41) is 8.50. The molecule has 1 atom stereocenters. The van der Waals surface area contributed by atoms with E-state index in [1.54, 1.807) is 31.4 Å². The Morgan fingerprint density at radius 3 is 2.06 bits per heavy atom. The molecule has 3 N–H and O–H groups in total. The minimum absolute atomic E-state index is 0.218. The van der Waals surface area contributed by atoms with Crippen LogP contribution in [-0.4, -0.2) is 31.6 Å². The van der Waals surface area contributed by atoms with Gasteiger partial charge in [-0.05, 0) is 41.8 Å². The zero-order valence-corrected chi connectivity index (χ0v) is 17.5. The summed E-state index contributed by atoms with van der Waals surface area (Å²) in [5.74, 6) is 0.482. The van der Waals surface area contributed by atoms with Gasteiger partial charge in [-0.1, -0.05) is 60.7 Å². The predicted octanol–water partition coefficient (Wildman–Crippen LogP) is 3.79. The van der Waals surface area contributed by atoms with Gasteiger partial charge in [0.2, 0.25) is 5.91 Å². The highest BCUT2D eigenvalue weighted by molar-refractivity contribution is 5.93. The number of rotatable bonds is 9.